The van der Waals surface area contributed by atoms with Crippen LogP contribution in [0.3, 0.4) is 0 Å². The van der Waals surface area contributed by atoms with Gasteiger partial charge in [-0.2, -0.15) is 0 Å². The number of nitro benzene ring substituents is 1. The van der Waals surface area contributed by atoms with Gasteiger partial charge in [-0.25, -0.2) is 0 Å². The Labute approximate surface area is 114 Å². The molecule has 0 spiro atoms. The third kappa shape index (κ3) is 2.81. The molecule has 1 saturated heterocycles. The summed E-state index contributed by atoms with van der Waals surface area (Å²) in [7, 11) is 0. The second-order valence-electron chi connectivity index (χ2n) is 4.53. The number of hydrogen-bond acceptors (Lipinski definition) is 4. The minimum Gasteiger partial charge on any atom is -0.396 e. The molecule has 0 amide bonds. The maximum Gasteiger partial charge on any atom is 0.293 e. The smallest absolute Gasteiger partial charge is 0.293 e. The zero-order valence-corrected chi connectivity index (χ0v) is 11.5. The van der Waals surface area contributed by atoms with Gasteiger partial charge in [0.1, 0.15) is 5.69 Å². The molecule has 2 rings (SSSR count). The lowest BCUT2D eigenvalue weighted by Crippen LogP contribution is -2.37. The first kappa shape index (κ1) is 13.3. The fourth-order valence-electron chi connectivity index (χ4n) is 2.34. The molecule has 6 heteroatoms. The number of hydrogen-bond donors (Lipinski definition) is 1. The van der Waals surface area contributed by atoms with Gasteiger partial charge in [0.25, 0.3) is 5.69 Å². The first-order valence-electron chi connectivity index (χ1n) is 5.91. The molecule has 1 aromatic carbocycles. The van der Waals surface area contributed by atoms with Crippen molar-refractivity contribution < 1.29 is 10.0 Å². The van der Waals surface area contributed by atoms with Crippen LogP contribution in [-0.4, -0.2) is 29.7 Å². The van der Waals surface area contributed by atoms with Crippen molar-refractivity contribution in [2.45, 2.75) is 12.8 Å². The molecule has 5 nitrogen and oxygen atoms in total. The number of piperidine rings is 1. The molecule has 0 saturated carbocycles. The minimum atomic E-state index is -0.358. The Morgan fingerprint density at radius 2 is 2.33 bits per heavy atom. The van der Waals surface area contributed by atoms with Crippen LogP contribution >= 0.6 is 15.9 Å². The van der Waals surface area contributed by atoms with Crippen molar-refractivity contribution >= 4 is 27.3 Å². The van der Waals surface area contributed by atoms with Gasteiger partial charge < -0.3 is 10.0 Å². The van der Waals surface area contributed by atoms with Gasteiger partial charge in [0, 0.05) is 30.2 Å². The van der Waals surface area contributed by atoms with Crippen molar-refractivity contribution in [3.63, 3.8) is 0 Å². The van der Waals surface area contributed by atoms with Crippen LogP contribution < -0.4 is 4.90 Å². The Bertz CT molecular complexity index is 453. The van der Waals surface area contributed by atoms with Gasteiger partial charge in [-0.05, 0) is 30.9 Å². The van der Waals surface area contributed by atoms with Crippen LogP contribution in [0.15, 0.2) is 22.7 Å². The number of aliphatic hydroxyl groups is 1. The minimum absolute atomic E-state index is 0.114. The molecule has 1 atom stereocenters. The molecular formula is C12H15BrN2O3. The van der Waals surface area contributed by atoms with Gasteiger partial charge in [-0.15, -0.1) is 0 Å². The molecule has 1 fully saturated rings. The first-order chi connectivity index (χ1) is 8.61. The van der Waals surface area contributed by atoms with Crippen molar-refractivity contribution in [1.82, 2.24) is 0 Å². The van der Waals surface area contributed by atoms with Crippen molar-refractivity contribution in [2.24, 2.45) is 5.92 Å². The summed E-state index contributed by atoms with van der Waals surface area (Å²) in [5.74, 6) is 0.210. The van der Waals surface area contributed by atoms with Crippen LogP contribution in [0.2, 0.25) is 0 Å². The molecule has 1 aliphatic rings. The normalized spacial score (nSPS) is 19.9. The van der Waals surface area contributed by atoms with Crippen LogP contribution in [0.1, 0.15) is 12.8 Å². The molecule has 0 radical (unpaired) electrons. The lowest BCUT2D eigenvalue weighted by atomic mass is 9.98. The van der Waals surface area contributed by atoms with Gasteiger partial charge in [0.2, 0.25) is 0 Å². The number of anilines is 1. The van der Waals surface area contributed by atoms with Crippen LogP contribution in [0.25, 0.3) is 0 Å². The highest BCUT2D eigenvalue weighted by Crippen LogP contribution is 2.33. The molecule has 0 bridgehead atoms. The number of benzene rings is 1. The summed E-state index contributed by atoms with van der Waals surface area (Å²) in [6, 6.07) is 5.10. The van der Waals surface area contributed by atoms with E-state index in [-0.39, 0.29) is 23.1 Å². The van der Waals surface area contributed by atoms with Crippen molar-refractivity contribution in [3.05, 3.63) is 32.8 Å². The molecule has 0 unspecified atom stereocenters. The average molecular weight is 315 g/mol. The van der Waals surface area contributed by atoms with E-state index in [0.717, 1.165) is 19.4 Å². The van der Waals surface area contributed by atoms with Gasteiger partial charge in [0.05, 0.1) is 4.92 Å². The number of nitro groups is 1. The highest BCUT2D eigenvalue weighted by Gasteiger charge is 2.25. The van der Waals surface area contributed by atoms with Gasteiger partial charge in [0.15, 0.2) is 0 Å². The number of aliphatic hydroxyl groups excluding tert-OH is 1. The van der Waals surface area contributed by atoms with Crippen LogP contribution in [0.5, 0.6) is 0 Å². The van der Waals surface area contributed by atoms with E-state index in [2.05, 4.69) is 15.9 Å². The van der Waals surface area contributed by atoms with Crippen LogP contribution in [0.4, 0.5) is 11.4 Å². The molecule has 98 valence electrons. The number of rotatable bonds is 3. The molecular weight excluding hydrogens is 300 g/mol. The summed E-state index contributed by atoms with van der Waals surface area (Å²) < 4.78 is 0.702. The predicted octanol–water partition coefficient (Wildman–Crippen LogP) is 2.57. The van der Waals surface area contributed by atoms with Crippen LogP contribution in [-0.2, 0) is 0 Å². The largest absolute Gasteiger partial charge is 0.396 e. The SMILES string of the molecule is O=[N+]([O-])c1cc(Br)ccc1N1CCC[C@H](CO)C1. The molecule has 1 aromatic rings. The Kier molecular flexibility index (Phi) is 4.19. The topological polar surface area (TPSA) is 66.6 Å². The van der Waals surface area contributed by atoms with E-state index in [1.54, 1.807) is 6.07 Å². The maximum absolute atomic E-state index is 11.1. The zero-order valence-electron chi connectivity index (χ0n) is 9.88. The molecule has 18 heavy (non-hydrogen) atoms. The summed E-state index contributed by atoms with van der Waals surface area (Å²) in [4.78, 5) is 12.7. The van der Waals surface area contributed by atoms with E-state index in [1.165, 1.54) is 6.07 Å². The Balaban J connectivity index is 2.29. The summed E-state index contributed by atoms with van der Waals surface area (Å²) in [5, 5.41) is 20.3. The molecule has 0 aromatic heterocycles. The predicted molar refractivity (Wildman–Crippen MR) is 72.8 cm³/mol. The number of nitrogens with zero attached hydrogens (tertiary/aromatic N) is 2. The standard InChI is InChI=1S/C12H15BrN2O3/c13-10-3-4-11(12(6-10)15(17)18)14-5-1-2-9(7-14)8-16/h3-4,6,9,16H,1-2,5,7-8H2/t9-/m0/s1. The molecule has 0 aliphatic carbocycles. The molecule has 1 aliphatic heterocycles. The number of halogens is 1. The summed E-state index contributed by atoms with van der Waals surface area (Å²) in [5.41, 5.74) is 0.754. The highest BCUT2D eigenvalue weighted by atomic mass is 79.9. The van der Waals surface area contributed by atoms with Crippen molar-refractivity contribution in [2.75, 3.05) is 24.6 Å². The first-order valence-corrected chi connectivity index (χ1v) is 6.71. The lowest BCUT2D eigenvalue weighted by Gasteiger charge is -2.33. The summed E-state index contributed by atoms with van der Waals surface area (Å²) >= 11 is 3.25. The van der Waals surface area contributed by atoms with E-state index in [0.29, 0.717) is 16.7 Å². The Hall–Kier alpha value is -1.14. The molecule has 1 heterocycles. The Morgan fingerprint density at radius 1 is 1.56 bits per heavy atom. The quantitative estimate of drug-likeness (QED) is 0.688. The van der Waals surface area contributed by atoms with E-state index in [4.69, 9.17) is 0 Å². The third-order valence-electron chi connectivity index (χ3n) is 3.25. The van der Waals surface area contributed by atoms with E-state index < -0.39 is 0 Å². The summed E-state index contributed by atoms with van der Waals surface area (Å²) in [6.07, 6.45) is 1.94. The van der Waals surface area contributed by atoms with Gasteiger partial charge in [-0.3, -0.25) is 10.1 Å². The lowest BCUT2D eigenvalue weighted by molar-refractivity contribution is -0.384. The fraction of sp³-hybridized carbons (Fsp3) is 0.500. The average Bonchev–Trinajstić information content (AvgIpc) is 2.38. The summed E-state index contributed by atoms with van der Waals surface area (Å²) in [6.45, 7) is 1.62. The second-order valence-corrected chi connectivity index (χ2v) is 5.44. The van der Waals surface area contributed by atoms with Gasteiger partial charge in [-0.1, -0.05) is 15.9 Å². The monoisotopic (exact) mass is 314 g/mol. The van der Waals surface area contributed by atoms with Crippen molar-refractivity contribution in [3.8, 4) is 0 Å². The van der Waals surface area contributed by atoms with E-state index in [1.807, 2.05) is 11.0 Å². The highest BCUT2D eigenvalue weighted by molar-refractivity contribution is 9.10. The van der Waals surface area contributed by atoms with Crippen LogP contribution in [0, 0.1) is 16.0 Å². The van der Waals surface area contributed by atoms with E-state index >= 15 is 0 Å². The van der Waals surface area contributed by atoms with Gasteiger partial charge >= 0.3 is 0 Å². The fourth-order valence-corrected chi connectivity index (χ4v) is 2.69. The zero-order chi connectivity index (χ0) is 13.1. The van der Waals surface area contributed by atoms with Crippen molar-refractivity contribution in [1.29, 1.82) is 0 Å². The molecule has 1 N–H and O–H groups in total. The maximum atomic E-state index is 11.1. The Morgan fingerprint density at radius 3 is 3.00 bits per heavy atom. The third-order valence-corrected chi connectivity index (χ3v) is 3.75. The second kappa shape index (κ2) is 5.67. The van der Waals surface area contributed by atoms with E-state index in [9.17, 15) is 15.2 Å².